The molecule has 17 heavy (non-hydrogen) atoms. The molecule has 0 aromatic carbocycles. The Labute approximate surface area is 104 Å². The molecule has 0 aliphatic heterocycles. The van der Waals surface area contributed by atoms with Crippen molar-refractivity contribution in [2.45, 2.75) is 37.5 Å². The highest BCUT2D eigenvalue weighted by atomic mass is 32.2. The molecule has 3 N–H and O–H groups in total. The predicted molar refractivity (Wildman–Crippen MR) is 64.7 cm³/mol. The van der Waals surface area contributed by atoms with Gasteiger partial charge in [-0.2, -0.15) is 0 Å². The maximum absolute atomic E-state index is 12.0. The van der Waals surface area contributed by atoms with Crippen molar-refractivity contribution < 1.29 is 19.5 Å². The molecule has 1 fully saturated rings. The Morgan fingerprint density at radius 2 is 2.18 bits per heavy atom. The van der Waals surface area contributed by atoms with Gasteiger partial charge in [0, 0.05) is 12.8 Å². The van der Waals surface area contributed by atoms with Crippen LogP contribution in [0.3, 0.4) is 0 Å². The summed E-state index contributed by atoms with van der Waals surface area (Å²) in [5, 5.41) is 8.67. The van der Waals surface area contributed by atoms with Gasteiger partial charge in [-0.1, -0.05) is 6.92 Å². The summed E-state index contributed by atoms with van der Waals surface area (Å²) in [5.74, 6) is -2.09. The van der Waals surface area contributed by atoms with E-state index in [-0.39, 0.29) is 23.7 Å². The molecule has 5 nitrogen and oxygen atoms in total. The van der Waals surface area contributed by atoms with Gasteiger partial charge in [-0.3, -0.25) is 14.4 Å². The largest absolute Gasteiger partial charge is 0.481 e. The number of nitrogens with two attached hydrogens (primary N) is 1. The van der Waals surface area contributed by atoms with Crippen LogP contribution >= 0.6 is 11.8 Å². The lowest BCUT2D eigenvalue weighted by atomic mass is 9.90. The van der Waals surface area contributed by atoms with E-state index in [0.29, 0.717) is 19.3 Å². The van der Waals surface area contributed by atoms with Crippen molar-refractivity contribution in [2.24, 2.45) is 11.7 Å². The molecular weight excluding hydrogens is 242 g/mol. The third-order valence-corrected chi connectivity index (χ3v) is 4.39. The number of ketones is 2. The number of Topliss-reactive ketones (excluding diaryl/α,β-unsaturated/α-hetero) is 2. The van der Waals surface area contributed by atoms with Crippen LogP contribution in [-0.4, -0.2) is 33.3 Å². The van der Waals surface area contributed by atoms with Crippen molar-refractivity contribution >= 4 is 29.3 Å². The molecule has 0 aromatic heterocycles. The van der Waals surface area contributed by atoms with E-state index in [0.717, 1.165) is 11.8 Å². The summed E-state index contributed by atoms with van der Waals surface area (Å²) in [6, 6.07) is 0. The van der Waals surface area contributed by atoms with Gasteiger partial charge in [0.1, 0.15) is 10.7 Å². The zero-order chi connectivity index (χ0) is 13.1. The second-order valence-electron chi connectivity index (χ2n) is 4.18. The maximum atomic E-state index is 12.0. The van der Waals surface area contributed by atoms with Crippen molar-refractivity contribution in [3.63, 3.8) is 0 Å². The third-order valence-electron chi connectivity index (χ3n) is 3.01. The summed E-state index contributed by atoms with van der Waals surface area (Å²) in [5.41, 5.74) is 6.03. The normalized spacial score (nSPS) is 30.1. The van der Waals surface area contributed by atoms with E-state index in [1.54, 1.807) is 6.92 Å². The van der Waals surface area contributed by atoms with Crippen molar-refractivity contribution in [2.75, 3.05) is 5.75 Å². The average Bonchev–Trinajstić information content (AvgIpc) is 2.36. The number of carboxylic acids is 1. The third kappa shape index (κ3) is 3.07. The Kier molecular flexibility index (Phi) is 4.70. The highest BCUT2D eigenvalue weighted by molar-refractivity contribution is 8.02. The maximum Gasteiger partial charge on any atom is 0.313 e. The van der Waals surface area contributed by atoms with E-state index < -0.39 is 16.8 Å². The number of carboxylic acid groups (broad SMARTS) is 1. The summed E-state index contributed by atoms with van der Waals surface area (Å²) < 4.78 is 0. The Morgan fingerprint density at radius 3 is 2.71 bits per heavy atom. The molecule has 0 spiro atoms. The lowest BCUT2D eigenvalue weighted by Crippen LogP contribution is -2.53. The smallest absolute Gasteiger partial charge is 0.313 e. The van der Waals surface area contributed by atoms with Gasteiger partial charge < -0.3 is 10.8 Å². The minimum absolute atomic E-state index is 0.0289. The van der Waals surface area contributed by atoms with Crippen LogP contribution in [-0.2, 0) is 14.4 Å². The molecule has 1 aliphatic carbocycles. The number of thioether (sulfide) groups is 1. The molecule has 1 aliphatic rings. The zero-order valence-electron chi connectivity index (χ0n) is 9.77. The van der Waals surface area contributed by atoms with Crippen LogP contribution in [0.5, 0.6) is 0 Å². The Balaban J connectivity index is 2.96. The minimum atomic E-state index is -1.36. The van der Waals surface area contributed by atoms with Crippen molar-refractivity contribution in [1.82, 2.24) is 0 Å². The fourth-order valence-electron chi connectivity index (χ4n) is 2.12. The standard InChI is InChI=1S/C11H17NO4S/c1-2-7-8(13)4-3-5-9(14)11(7,12)17-6-10(15)16/h7H,2-6,12H2,1H3,(H,15,16). The van der Waals surface area contributed by atoms with Crippen molar-refractivity contribution in [3.05, 3.63) is 0 Å². The Morgan fingerprint density at radius 1 is 1.53 bits per heavy atom. The molecule has 0 saturated heterocycles. The number of carbonyl (C=O) groups excluding carboxylic acids is 2. The number of aliphatic carboxylic acids is 1. The molecule has 0 bridgehead atoms. The molecule has 0 heterocycles. The summed E-state index contributed by atoms with van der Waals surface area (Å²) in [4.78, 5) is 33.1. The molecule has 6 heteroatoms. The zero-order valence-corrected chi connectivity index (χ0v) is 10.6. The van der Waals surface area contributed by atoms with Gasteiger partial charge in [0.05, 0.1) is 11.7 Å². The van der Waals surface area contributed by atoms with Crippen LogP contribution in [0.15, 0.2) is 0 Å². The molecule has 1 rings (SSSR count). The van der Waals surface area contributed by atoms with Gasteiger partial charge in [-0.25, -0.2) is 0 Å². The fraction of sp³-hybridized carbons (Fsp3) is 0.727. The number of rotatable bonds is 4. The lowest BCUT2D eigenvalue weighted by molar-refractivity contribution is -0.134. The second-order valence-corrected chi connectivity index (χ2v) is 5.43. The monoisotopic (exact) mass is 259 g/mol. The SMILES string of the molecule is CCC1C(=O)CCCC(=O)C1(N)SCC(=O)O. The first-order chi connectivity index (χ1) is 7.91. The fourth-order valence-corrected chi connectivity index (χ4v) is 3.24. The number of carbonyl (C=O) groups is 3. The van der Waals surface area contributed by atoms with Crippen LogP contribution < -0.4 is 5.73 Å². The summed E-state index contributed by atoms with van der Waals surface area (Å²) in [7, 11) is 0. The molecule has 0 radical (unpaired) electrons. The molecule has 1 saturated carbocycles. The first-order valence-electron chi connectivity index (χ1n) is 5.62. The van der Waals surface area contributed by atoms with Crippen LogP contribution in [0.2, 0.25) is 0 Å². The van der Waals surface area contributed by atoms with E-state index >= 15 is 0 Å². The molecule has 0 aromatic rings. The Bertz CT molecular complexity index is 344. The molecular formula is C11H17NO4S. The summed E-state index contributed by atoms with van der Waals surface area (Å²) in [6.07, 6.45) is 1.59. The average molecular weight is 259 g/mol. The number of hydrogen-bond acceptors (Lipinski definition) is 5. The number of hydrogen-bond donors (Lipinski definition) is 2. The quantitative estimate of drug-likeness (QED) is 0.572. The van der Waals surface area contributed by atoms with Crippen LogP contribution in [0.4, 0.5) is 0 Å². The molecule has 0 amide bonds. The van der Waals surface area contributed by atoms with E-state index in [2.05, 4.69) is 0 Å². The van der Waals surface area contributed by atoms with Gasteiger partial charge >= 0.3 is 5.97 Å². The summed E-state index contributed by atoms with van der Waals surface area (Å²) >= 11 is 0.874. The van der Waals surface area contributed by atoms with Gasteiger partial charge in [0.25, 0.3) is 0 Å². The van der Waals surface area contributed by atoms with Gasteiger partial charge in [0.2, 0.25) is 0 Å². The van der Waals surface area contributed by atoms with Crippen molar-refractivity contribution in [1.29, 1.82) is 0 Å². The van der Waals surface area contributed by atoms with Crippen LogP contribution in [0, 0.1) is 5.92 Å². The van der Waals surface area contributed by atoms with Crippen LogP contribution in [0.1, 0.15) is 32.6 Å². The highest BCUT2D eigenvalue weighted by Gasteiger charge is 2.46. The first-order valence-corrected chi connectivity index (χ1v) is 6.61. The van der Waals surface area contributed by atoms with E-state index in [4.69, 9.17) is 10.8 Å². The van der Waals surface area contributed by atoms with Gasteiger partial charge in [0.15, 0.2) is 5.78 Å². The Hall–Kier alpha value is -0.880. The van der Waals surface area contributed by atoms with Crippen LogP contribution in [0.25, 0.3) is 0 Å². The molecule has 2 atom stereocenters. The second kappa shape index (κ2) is 5.64. The van der Waals surface area contributed by atoms with E-state index in [9.17, 15) is 14.4 Å². The topological polar surface area (TPSA) is 97.5 Å². The highest BCUT2D eigenvalue weighted by Crippen LogP contribution is 2.36. The van der Waals surface area contributed by atoms with E-state index in [1.807, 2.05) is 0 Å². The lowest BCUT2D eigenvalue weighted by Gasteiger charge is -2.32. The van der Waals surface area contributed by atoms with Gasteiger partial charge in [-0.05, 0) is 12.8 Å². The van der Waals surface area contributed by atoms with Gasteiger partial charge in [-0.15, -0.1) is 11.8 Å². The van der Waals surface area contributed by atoms with Crippen molar-refractivity contribution in [3.8, 4) is 0 Å². The predicted octanol–water partition coefficient (Wildman–Crippen LogP) is 0.808. The van der Waals surface area contributed by atoms with E-state index in [1.165, 1.54) is 0 Å². The molecule has 2 unspecified atom stereocenters. The molecule has 96 valence electrons. The summed E-state index contributed by atoms with van der Waals surface area (Å²) in [6.45, 7) is 1.80. The minimum Gasteiger partial charge on any atom is -0.481 e. The first kappa shape index (κ1) is 14.2.